The Hall–Kier alpha value is -2.22. The minimum absolute atomic E-state index is 0.185. The highest BCUT2D eigenvalue weighted by atomic mass is 79.9. The first-order chi connectivity index (χ1) is 8.99. The Balaban J connectivity index is 2.23. The number of aromatic nitrogens is 3. The van der Waals surface area contributed by atoms with E-state index < -0.39 is 11.9 Å². The minimum atomic E-state index is -1.25. The number of amides is 1. The van der Waals surface area contributed by atoms with Gasteiger partial charge in [-0.2, -0.15) is 0 Å². The van der Waals surface area contributed by atoms with Crippen LogP contribution >= 0.6 is 15.9 Å². The zero-order valence-electron chi connectivity index (χ0n) is 9.77. The monoisotopic (exact) mass is 324 g/mol. The van der Waals surface area contributed by atoms with Crippen molar-refractivity contribution in [1.29, 1.82) is 0 Å². The molecule has 0 saturated heterocycles. The average Bonchev–Trinajstić information content (AvgIpc) is 2.83. The summed E-state index contributed by atoms with van der Waals surface area (Å²) in [7, 11) is 0. The number of aromatic amines is 1. The number of hydrogen-bond acceptors (Lipinski definition) is 4. The van der Waals surface area contributed by atoms with Gasteiger partial charge in [-0.15, -0.1) is 0 Å². The lowest BCUT2D eigenvalue weighted by Crippen LogP contribution is -2.17. The highest BCUT2D eigenvalue weighted by Gasteiger charge is 2.20. The highest BCUT2D eigenvalue weighted by Crippen LogP contribution is 2.16. The third kappa shape index (κ3) is 2.79. The lowest BCUT2D eigenvalue weighted by atomic mass is 10.3. The number of carboxylic acid groups (broad SMARTS) is 1. The molecule has 2 heterocycles. The molecule has 19 heavy (non-hydrogen) atoms. The SMILES string of the molecule is Cc1nc(NC(=O)c2nc[nH]c2C(=O)O)ccc1Br. The van der Waals surface area contributed by atoms with Gasteiger partial charge < -0.3 is 15.4 Å². The van der Waals surface area contributed by atoms with Crippen molar-refractivity contribution in [3.63, 3.8) is 0 Å². The second kappa shape index (κ2) is 5.19. The molecule has 2 rings (SSSR count). The summed E-state index contributed by atoms with van der Waals surface area (Å²) < 4.78 is 0.816. The van der Waals surface area contributed by atoms with Crippen LogP contribution in [0.1, 0.15) is 26.7 Å². The number of imidazole rings is 1. The number of hydrogen-bond donors (Lipinski definition) is 3. The highest BCUT2D eigenvalue weighted by molar-refractivity contribution is 9.10. The molecule has 98 valence electrons. The van der Waals surface area contributed by atoms with Crippen LogP contribution in [0, 0.1) is 6.92 Å². The number of anilines is 1. The molecule has 0 aromatic carbocycles. The lowest BCUT2D eigenvalue weighted by molar-refractivity contribution is 0.0686. The quantitative estimate of drug-likeness (QED) is 0.798. The number of carbonyl (C=O) groups is 2. The molecule has 2 aromatic rings. The minimum Gasteiger partial charge on any atom is -0.477 e. The van der Waals surface area contributed by atoms with Crippen LogP contribution < -0.4 is 5.32 Å². The van der Waals surface area contributed by atoms with E-state index in [9.17, 15) is 9.59 Å². The van der Waals surface area contributed by atoms with Crippen molar-refractivity contribution in [1.82, 2.24) is 15.0 Å². The number of halogens is 1. The third-order valence-corrected chi connectivity index (χ3v) is 3.17. The second-order valence-electron chi connectivity index (χ2n) is 3.65. The number of H-pyrrole nitrogens is 1. The van der Waals surface area contributed by atoms with Gasteiger partial charge in [0.05, 0.1) is 12.0 Å². The Kier molecular flexibility index (Phi) is 3.61. The predicted octanol–water partition coefficient (Wildman–Crippen LogP) is 1.83. The molecule has 8 heteroatoms. The van der Waals surface area contributed by atoms with Gasteiger partial charge in [-0.3, -0.25) is 4.79 Å². The normalized spacial score (nSPS) is 10.2. The number of nitrogens with zero attached hydrogens (tertiary/aromatic N) is 2. The van der Waals surface area contributed by atoms with E-state index in [0.717, 1.165) is 10.8 Å². The maximum absolute atomic E-state index is 11.9. The maximum Gasteiger partial charge on any atom is 0.354 e. The molecule has 0 spiro atoms. The van der Waals surface area contributed by atoms with Crippen molar-refractivity contribution in [3.05, 3.63) is 40.0 Å². The van der Waals surface area contributed by atoms with E-state index in [4.69, 9.17) is 5.11 Å². The summed E-state index contributed by atoms with van der Waals surface area (Å²) in [4.78, 5) is 33.0. The summed E-state index contributed by atoms with van der Waals surface area (Å²) in [6, 6.07) is 3.34. The summed E-state index contributed by atoms with van der Waals surface area (Å²) >= 11 is 3.29. The van der Waals surface area contributed by atoms with Crippen LogP contribution in [0.2, 0.25) is 0 Å². The third-order valence-electron chi connectivity index (χ3n) is 2.33. The number of aryl methyl sites for hydroxylation is 1. The molecule has 0 aliphatic rings. The average molecular weight is 325 g/mol. The molecule has 2 aromatic heterocycles. The smallest absolute Gasteiger partial charge is 0.354 e. The van der Waals surface area contributed by atoms with Crippen LogP contribution in [0.5, 0.6) is 0 Å². The maximum atomic E-state index is 11.9. The van der Waals surface area contributed by atoms with Gasteiger partial charge in [0, 0.05) is 4.47 Å². The summed E-state index contributed by atoms with van der Waals surface area (Å²) in [5.74, 6) is -1.56. The van der Waals surface area contributed by atoms with Gasteiger partial charge in [0.15, 0.2) is 11.4 Å². The zero-order chi connectivity index (χ0) is 14.0. The Bertz CT molecular complexity index is 653. The van der Waals surface area contributed by atoms with Crippen molar-refractivity contribution in [2.24, 2.45) is 0 Å². The first kappa shape index (κ1) is 13.2. The molecule has 0 saturated carbocycles. The number of pyridine rings is 1. The van der Waals surface area contributed by atoms with Gasteiger partial charge in [0.25, 0.3) is 5.91 Å². The molecule has 7 nitrogen and oxygen atoms in total. The molecule has 0 aliphatic carbocycles. The number of nitrogens with one attached hydrogen (secondary N) is 2. The first-order valence-electron chi connectivity index (χ1n) is 5.20. The number of aromatic carboxylic acids is 1. The van der Waals surface area contributed by atoms with Crippen LogP contribution in [0.15, 0.2) is 22.9 Å². The van der Waals surface area contributed by atoms with Gasteiger partial charge in [-0.1, -0.05) is 0 Å². The zero-order valence-corrected chi connectivity index (χ0v) is 11.4. The van der Waals surface area contributed by atoms with E-state index in [1.807, 2.05) is 0 Å². The van der Waals surface area contributed by atoms with Crippen LogP contribution in [-0.4, -0.2) is 31.9 Å². The molecule has 0 bridgehead atoms. The first-order valence-corrected chi connectivity index (χ1v) is 5.99. The second-order valence-corrected chi connectivity index (χ2v) is 4.50. The standard InChI is InChI=1S/C11H9BrN4O3/c1-5-6(12)2-3-7(15-5)16-10(17)8-9(11(18)19)14-4-13-8/h2-4H,1H3,(H,13,14)(H,18,19)(H,15,16,17). The van der Waals surface area contributed by atoms with Crippen molar-refractivity contribution in [2.45, 2.75) is 6.92 Å². The van der Waals surface area contributed by atoms with E-state index in [0.29, 0.717) is 11.5 Å². The molecule has 0 radical (unpaired) electrons. The fraction of sp³-hybridized carbons (Fsp3) is 0.0909. The van der Waals surface area contributed by atoms with Gasteiger partial charge in [-0.05, 0) is 35.0 Å². The summed E-state index contributed by atoms with van der Waals surface area (Å²) in [6.07, 6.45) is 1.15. The van der Waals surface area contributed by atoms with E-state index in [-0.39, 0.29) is 11.4 Å². The van der Waals surface area contributed by atoms with Crippen molar-refractivity contribution in [3.8, 4) is 0 Å². The van der Waals surface area contributed by atoms with Crippen LogP contribution in [0.25, 0.3) is 0 Å². The fourth-order valence-corrected chi connectivity index (χ4v) is 1.64. The van der Waals surface area contributed by atoms with Gasteiger partial charge in [-0.25, -0.2) is 14.8 Å². The molecule has 0 unspecified atom stereocenters. The van der Waals surface area contributed by atoms with Crippen LogP contribution in [-0.2, 0) is 0 Å². The Morgan fingerprint density at radius 2 is 2.16 bits per heavy atom. The van der Waals surface area contributed by atoms with E-state index in [2.05, 4.69) is 36.2 Å². The molecule has 0 fully saturated rings. The number of carboxylic acids is 1. The van der Waals surface area contributed by atoms with Gasteiger partial charge >= 0.3 is 5.97 Å². The van der Waals surface area contributed by atoms with Gasteiger partial charge in [0.2, 0.25) is 0 Å². The largest absolute Gasteiger partial charge is 0.477 e. The van der Waals surface area contributed by atoms with E-state index in [1.54, 1.807) is 19.1 Å². The summed E-state index contributed by atoms with van der Waals surface area (Å²) in [5, 5.41) is 11.4. The summed E-state index contributed by atoms with van der Waals surface area (Å²) in [6.45, 7) is 1.77. The van der Waals surface area contributed by atoms with E-state index in [1.165, 1.54) is 0 Å². The number of rotatable bonds is 3. The van der Waals surface area contributed by atoms with Crippen LogP contribution in [0.3, 0.4) is 0 Å². The fourth-order valence-electron chi connectivity index (χ4n) is 1.42. The van der Waals surface area contributed by atoms with Crippen molar-refractivity contribution in [2.75, 3.05) is 5.32 Å². The topological polar surface area (TPSA) is 108 Å². The predicted molar refractivity (Wildman–Crippen MR) is 70.2 cm³/mol. The molecule has 3 N–H and O–H groups in total. The van der Waals surface area contributed by atoms with Crippen molar-refractivity contribution >= 4 is 33.6 Å². The van der Waals surface area contributed by atoms with Crippen molar-refractivity contribution < 1.29 is 14.7 Å². The molecular weight excluding hydrogens is 316 g/mol. The lowest BCUT2D eigenvalue weighted by Gasteiger charge is -2.05. The Labute approximate surface area is 116 Å². The molecule has 0 atom stereocenters. The molecule has 1 amide bonds. The number of carbonyl (C=O) groups excluding carboxylic acids is 1. The van der Waals surface area contributed by atoms with E-state index >= 15 is 0 Å². The Morgan fingerprint density at radius 1 is 1.42 bits per heavy atom. The Morgan fingerprint density at radius 3 is 2.79 bits per heavy atom. The summed E-state index contributed by atoms with van der Waals surface area (Å²) in [5.41, 5.74) is 0.263. The van der Waals surface area contributed by atoms with Crippen LogP contribution in [0.4, 0.5) is 5.82 Å². The molecular formula is C11H9BrN4O3. The molecule has 0 aliphatic heterocycles. The van der Waals surface area contributed by atoms with Gasteiger partial charge in [0.1, 0.15) is 5.82 Å².